The molecule has 1 aliphatic rings. The molecule has 43 heavy (non-hydrogen) atoms. The molecule has 2 atom stereocenters. The minimum absolute atomic E-state index is 0.118. The zero-order chi connectivity index (χ0) is 30.7. The van der Waals surface area contributed by atoms with Crippen LogP contribution in [0.15, 0.2) is 78.9 Å². The van der Waals surface area contributed by atoms with Gasteiger partial charge in [-0.2, -0.15) is 23.5 Å². The number of benzene rings is 3. The van der Waals surface area contributed by atoms with Gasteiger partial charge in [0, 0.05) is 23.6 Å². The zero-order valence-corrected chi connectivity index (χ0v) is 22.8. The predicted molar refractivity (Wildman–Crippen MR) is 148 cm³/mol. The highest BCUT2D eigenvalue weighted by atomic mass is 19.4. The van der Waals surface area contributed by atoms with Gasteiger partial charge in [0.15, 0.2) is 0 Å². The SMILES string of the molecule is CCN1C(=O)[C@H](NC(=O)c2cccc(C(F)(F)F)c2)[C@@H](c2ccc(F)cc2)c2c(COCC#N)nn(-c3ccccc3)c21. The molecule has 2 heterocycles. The van der Waals surface area contributed by atoms with Gasteiger partial charge < -0.3 is 10.1 Å². The van der Waals surface area contributed by atoms with Crippen molar-refractivity contribution in [2.24, 2.45) is 0 Å². The van der Waals surface area contributed by atoms with Crippen LogP contribution < -0.4 is 10.2 Å². The summed E-state index contributed by atoms with van der Waals surface area (Å²) in [5.41, 5.74) is 0.642. The van der Waals surface area contributed by atoms with E-state index >= 15 is 0 Å². The Hall–Kier alpha value is -5.02. The van der Waals surface area contributed by atoms with Gasteiger partial charge in [0.25, 0.3) is 11.8 Å². The van der Waals surface area contributed by atoms with Crippen molar-refractivity contribution >= 4 is 17.6 Å². The van der Waals surface area contributed by atoms with Crippen LogP contribution in [0.5, 0.6) is 0 Å². The molecule has 0 bridgehead atoms. The number of rotatable bonds is 8. The molecule has 220 valence electrons. The summed E-state index contributed by atoms with van der Waals surface area (Å²) in [4.78, 5) is 29.0. The summed E-state index contributed by atoms with van der Waals surface area (Å²) < 4.78 is 61.2. The van der Waals surface area contributed by atoms with Gasteiger partial charge in [-0.25, -0.2) is 9.07 Å². The third kappa shape index (κ3) is 5.85. The smallest absolute Gasteiger partial charge is 0.360 e. The number of ether oxygens (including phenoxy) is 1. The number of anilines is 1. The quantitative estimate of drug-likeness (QED) is 0.220. The lowest BCUT2D eigenvalue weighted by Gasteiger charge is -2.38. The predicted octanol–water partition coefficient (Wildman–Crippen LogP) is 5.37. The lowest BCUT2D eigenvalue weighted by molar-refractivity contribution is -0.137. The highest BCUT2D eigenvalue weighted by Gasteiger charge is 2.46. The van der Waals surface area contributed by atoms with E-state index in [1.807, 2.05) is 12.1 Å². The average Bonchev–Trinajstić information content (AvgIpc) is 3.37. The van der Waals surface area contributed by atoms with Crippen LogP contribution in [0.1, 0.15) is 45.6 Å². The van der Waals surface area contributed by atoms with Gasteiger partial charge in [-0.3, -0.25) is 14.5 Å². The van der Waals surface area contributed by atoms with E-state index in [1.165, 1.54) is 35.2 Å². The summed E-state index contributed by atoms with van der Waals surface area (Å²) in [6.07, 6.45) is -4.67. The lowest BCUT2D eigenvalue weighted by Crippen LogP contribution is -2.55. The number of halogens is 4. The number of aromatic nitrogens is 2. The molecular formula is C31H25F4N5O3. The standard InChI is InChI=1S/C31H25F4N5O3/c1-2-39-29-26(24(18-43-16-15-36)38-40(29)23-9-4-3-5-10-23)25(19-11-13-22(32)14-12-19)27(30(39)42)37-28(41)20-7-6-8-21(17-20)31(33,34)35/h3-14,17,25,27H,2,16,18H2,1H3,(H,37,41)/t25-,27+/m0/s1. The first-order chi connectivity index (χ1) is 20.6. The Morgan fingerprint density at radius 3 is 2.44 bits per heavy atom. The highest BCUT2D eigenvalue weighted by Crippen LogP contribution is 2.44. The summed E-state index contributed by atoms with van der Waals surface area (Å²) in [5.74, 6) is -2.49. The van der Waals surface area contributed by atoms with Crippen LogP contribution in [0.25, 0.3) is 5.69 Å². The minimum atomic E-state index is -4.67. The molecule has 1 N–H and O–H groups in total. The van der Waals surface area contributed by atoms with Gasteiger partial charge in [0.1, 0.15) is 24.3 Å². The summed E-state index contributed by atoms with van der Waals surface area (Å²) >= 11 is 0. The second kappa shape index (κ2) is 12.1. The fraction of sp³-hybridized carbons (Fsp3) is 0.226. The van der Waals surface area contributed by atoms with E-state index in [2.05, 4.69) is 5.32 Å². The number of likely N-dealkylation sites (N-methyl/N-ethyl adjacent to an activating group) is 1. The van der Waals surface area contributed by atoms with Crippen molar-refractivity contribution in [2.75, 3.05) is 18.1 Å². The van der Waals surface area contributed by atoms with Crippen LogP contribution in [-0.4, -0.2) is 40.8 Å². The number of carbonyl (C=O) groups excluding carboxylic acids is 2. The Morgan fingerprint density at radius 1 is 1.07 bits per heavy atom. The molecular weight excluding hydrogens is 566 g/mol. The van der Waals surface area contributed by atoms with E-state index in [4.69, 9.17) is 15.1 Å². The number of hydrogen-bond donors (Lipinski definition) is 1. The van der Waals surface area contributed by atoms with Crippen molar-refractivity contribution in [3.8, 4) is 11.8 Å². The van der Waals surface area contributed by atoms with Crippen molar-refractivity contribution in [2.45, 2.75) is 31.7 Å². The molecule has 2 amide bonds. The van der Waals surface area contributed by atoms with E-state index in [0.29, 0.717) is 34.4 Å². The fourth-order valence-electron chi connectivity index (χ4n) is 5.22. The molecule has 12 heteroatoms. The van der Waals surface area contributed by atoms with Gasteiger partial charge >= 0.3 is 6.18 Å². The molecule has 0 saturated carbocycles. The molecule has 0 saturated heterocycles. The van der Waals surface area contributed by atoms with Crippen LogP contribution in [0.4, 0.5) is 23.4 Å². The summed E-state index contributed by atoms with van der Waals surface area (Å²) in [5, 5.41) is 16.4. The minimum Gasteiger partial charge on any atom is -0.360 e. The van der Waals surface area contributed by atoms with Gasteiger partial charge in [0.2, 0.25) is 0 Å². The van der Waals surface area contributed by atoms with E-state index in [9.17, 15) is 27.2 Å². The van der Waals surface area contributed by atoms with Gasteiger partial charge in [0.05, 0.1) is 29.6 Å². The Kier molecular flexibility index (Phi) is 8.27. The normalized spacial score (nSPS) is 16.5. The van der Waals surface area contributed by atoms with Crippen molar-refractivity contribution in [3.63, 3.8) is 0 Å². The second-order valence-electron chi connectivity index (χ2n) is 9.72. The Bertz CT molecular complexity index is 1680. The number of para-hydroxylation sites is 1. The first-order valence-electron chi connectivity index (χ1n) is 13.3. The topological polar surface area (TPSA) is 100 Å². The second-order valence-corrected chi connectivity index (χ2v) is 9.72. The molecule has 3 aromatic carbocycles. The summed E-state index contributed by atoms with van der Waals surface area (Å²) in [6.45, 7) is 1.54. The maximum absolute atomic E-state index is 14.2. The molecule has 1 aliphatic heterocycles. The molecule has 4 aromatic rings. The van der Waals surface area contributed by atoms with Crippen molar-refractivity contribution in [3.05, 3.63) is 113 Å². The molecule has 0 radical (unpaired) electrons. The van der Waals surface area contributed by atoms with Crippen LogP contribution in [0, 0.1) is 17.1 Å². The van der Waals surface area contributed by atoms with Crippen molar-refractivity contribution < 1.29 is 31.9 Å². The first kappa shape index (κ1) is 29.5. The van der Waals surface area contributed by atoms with Gasteiger partial charge in [-0.15, -0.1) is 0 Å². The van der Waals surface area contributed by atoms with Crippen LogP contribution in [0.3, 0.4) is 0 Å². The number of hydrogen-bond acceptors (Lipinski definition) is 5. The van der Waals surface area contributed by atoms with Gasteiger partial charge in [-0.05, 0) is 55.0 Å². The van der Waals surface area contributed by atoms with Gasteiger partial charge in [-0.1, -0.05) is 36.4 Å². The van der Waals surface area contributed by atoms with E-state index in [1.54, 1.807) is 35.9 Å². The summed E-state index contributed by atoms with van der Waals surface area (Å²) in [6, 6.07) is 18.9. The number of alkyl halides is 3. The maximum atomic E-state index is 14.2. The molecule has 5 rings (SSSR count). The Labute approximate surface area is 244 Å². The zero-order valence-electron chi connectivity index (χ0n) is 22.8. The first-order valence-corrected chi connectivity index (χ1v) is 13.3. The third-order valence-electron chi connectivity index (χ3n) is 7.10. The van der Waals surface area contributed by atoms with E-state index in [-0.39, 0.29) is 25.3 Å². The molecule has 1 aromatic heterocycles. The number of nitriles is 1. The molecule has 8 nitrogen and oxygen atoms in total. The number of amides is 2. The van der Waals surface area contributed by atoms with Crippen molar-refractivity contribution in [1.29, 1.82) is 5.26 Å². The van der Waals surface area contributed by atoms with Crippen LogP contribution in [-0.2, 0) is 22.3 Å². The molecule has 0 fully saturated rings. The fourth-order valence-corrected chi connectivity index (χ4v) is 5.22. The highest BCUT2D eigenvalue weighted by molar-refractivity contribution is 6.05. The van der Waals surface area contributed by atoms with Crippen LogP contribution in [0.2, 0.25) is 0 Å². The Morgan fingerprint density at radius 2 is 1.79 bits per heavy atom. The van der Waals surface area contributed by atoms with Crippen LogP contribution >= 0.6 is 0 Å². The number of carbonyl (C=O) groups is 2. The Balaban J connectivity index is 1.69. The molecule has 0 aliphatic carbocycles. The average molecular weight is 592 g/mol. The number of fused-ring (bicyclic) bond motifs is 1. The summed E-state index contributed by atoms with van der Waals surface area (Å²) in [7, 11) is 0. The maximum Gasteiger partial charge on any atom is 0.416 e. The number of nitrogens with zero attached hydrogens (tertiary/aromatic N) is 4. The molecule has 0 unspecified atom stereocenters. The van der Waals surface area contributed by atoms with E-state index < -0.39 is 41.3 Å². The third-order valence-corrected chi connectivity index (χ3v) is 7.10. The number of nitrogens with one attached hydrogen (secondary N) is 1. The monoisotopic (exact) mass is 591 g/mol. The lowest BCUT2D eigenvalue weighted by atomic mass is 9.81. The molecule has 0 spiro atoms. The van der Waals surface area contributed by atoms with Crippen molar-refractivity contribution in [1.82, 2.24) is 15.1 Å². The van der Waals surface area contributed by atoms with E-state index in [0.717, 1.165) is 12.1 Å². The largest absolute Gasteiger partial charge is 0.416 e.